The van der Waals surface area contributed by atoms with E-state index in [0.717, 1.165) is 28.4 Å². The zero-order valence-corrected chi connectivity index (χ0v) is 20.1. The fourth-order valence-electron chi connectivity index (χ4n) is 2.96. The van der Waals surface area contributed by atoms with Gasteiger partial charge in [-0.2, -0.15) is 0 Å². The SMILES string of the molecule is CCc1ccc(OCC(=O)NNC(=O)C(CC)Oc2ccccc2C(C)CC)c(Br)c1. The quantitative estimate of drug-likeness (QED) is 0.463. The van der Waals surface area contributed by atoms with Gasteiger partial charge < -0.3 is 9.47 Å². The third-order valence-corrected chi connectivity index (χ3v) is 5.70. The zero-order valence-electron chi connectivity index (χ0n) is 18.5. The number of halogens is 1. The number of benzene rings is 2. The number of hydrazine groups is 1. The van der Waals surface area contributed by atoms with Crippen LogP contribution in [-0.2, 0) is 16.0 Å². The van der Waals surface area contributed by atoms with E-state index in [9.17, 15) is 9.59 Å². The summed E-state index contributed by atoms with van der Waals surface area (Å²) < 4.78 is 12.3. The van der Waals surface area contributed by atoms with Crippen molar-refractivity contribution < 1.29 is 19.1 Å². The van der Waals surface area contributed by atoms with E-state index in [1.165, 1.54) is 0 Å². The number of nitrogens with one attached hydrogen (secondary N) is 2. The number of amides is 2. The van der Waals surface area contributed by atoms with Gasteiger partial charge in [0.2, 0.25) is 0 Å². The van der Waals surface area contributed by atoms with Gasteiger partial charge in [-0.1, -0.05) is 52.0 Å². The molecule has 2 atom stereocenters. The van der Waals surface area contributed by atoms with Crippen LogP contribution in [0.25, 0.3) is 0 Å². The summed E-state index contributed by atoms with van der Waals surface area (Å²) in [7, 11) is 0. The Kier molecular flexibility index (Phi) is 9.85. The second-order valence-corrected chi connectivity index (χ2v) is 8.16. The first kappa shape index (κ1) is 24.7. The fraction of sp³-hybridized carbons (Fsp3) is 0.417. The topological polar surface area (TPSA) is 76.7 Å². The van der Waals surface area contributed by atoms with Crippen molar-refractivity contribution >= 4 is 27.7 Å². The number of hydrogen-bond donors (Lipinski definition) is 2. The number of ether oxygens (including phenoxy) is 2. The summed E-state index contributed by atoms with van der Waals surface area (Å²) in [6.45, 7) is 7.93. The first-order valence-electron chi connectivity index (χ1n) is 10.6. The van der Waals surface area contributed by atoms with Crippen molar-refractivity contribution in [3.05, 3.63) is 58.1 Å². The van der Waals surface area contributed by atoms with Crippen molar-refractivity contribution in [1.82, 2.24) is 10.9 Å². The van der Waals surface area contributed by atoms with Crippen molar-refractivity contribution in [1.29, 1.82) is 0 Å². The van der Waals surface area contributed by atoms with Gasteiger partial charge in [-0.25, -0.2) is 0 Å². The number of rotatable bonds is 10. The van der Waals surface area contributed by atoms with Gasteiger partial charge in [0.05, 0.1) is 4.47 Å². The molecular weight excluding hydrogens is 460 g/mol. The van der Waals surface area contributed by atoms with E-state index in [-0.39, 0.29) is 6.61 Å². The summed E-state index contributed by atoms with van der Waals surface area (Å²) >= 11 is 3.44. The molecule has 168 valence electrons. The maximum Gasteiger partial charge on any atom is 0.279 e. The molecule has 2 aromatic carbocycles. The van der Waals surface area contributed by atoms with E-state index in [2.05, 4.69) is 47.6 Å². The summed E-state index contributed by atoms with van der Waals surface area (Å²) in [5, 5.41) is 0. The molecule has 2 unspecified atom stereocenters. The first-order chi connectivity index (χ1) is 14.9. The predicted molar refractivity (Wildman–Crippen MR) is 125 cm³/mol. The van der Waals surface area contributed by atoms with E-state index >= 15 is 0 Å². The minimum absolute atomic E-state index is 0.223. The molecular formula is C24H31BrN2O4. The fourth-order valence-corrected chi connectivity index (χ4v) is 3.50. The molecule has 31 heavy (non-hydrogen) atoms. The normalized spacial score (nSPS) is 12.5. The lowest BCUT2D eigenvalue weighted by molar-refractivity contribution is -0.134. The standard InChI is InChI=1S/C24H31BrN2O4/c1-5-16(4)18-10-8-9-11-21(18)31-20(7-3)24(29)27-26-23(28)15-30-22-13-12-17(6-2)14-19(22)25/h8-14,16,20H,5-7,15H2,1-4H3,(H,26,28)(H,27,29). The van der Waals surface area contributed by atoms with Crippen molar-refractivity contribution in [2.45, 2.75) is 59.0 Å². The number of aryl methyl sites for hydroxylation is 1. The molecule has 2 aromatic rings. The molecule has 2 rings (SSSR count). The predicted octanol–water partition coefficient (Wildman–Crippen LogP) is 4.91. The number of carbonyl (C=O) groups is 2. The smallest absolute Gasteiger partial charge is 0.279 e. The van der Waals surface area contributed by atoms with Gasteiger partial charge in [-0.05, 0) is 70.4 Å². The monoisotopic (exact) mass is 490 g/mol. The molecule has 0 aliphatic carbocycles. The summed E-state index contributed by atoms with van der Waals surface area (Å²) in [4.78, 5) is 24.6. The van der Waals surface area contributed by atoms with Crippen LogP contribution < -0.4 is 20.3 Å². The van der Waals surface area contributed by atoms with Crippen LogP contribution in [0, 0.1) is 0 Å². The highest BCUT2D eigenvalue weighted by Gasteiger charge is 2.21. The molecule has 0 spiro atoms. The highest BCUT2D eigenvalue weighted by Crippen LogP contribution is 2.29. The van der Waals surface area contributed by atoms with Crippen LogP contribution in [0.2, 0.25) is 0 Å². The Balaban J connectivity index is 1.88. The number of hydrogen-bond acceptors (Lipinski definition) is 4. The lowest BCUT2D eigenvalue weighted by atomic mass is 9.98. The summed E-state index contributed by atoms with van der Waals surface area (Å²) in [6, 6.07) is 13.4. The molecule has 7 heteroatoms. The van der Waals surface area contributed by atoms with Crippen molar-refractivity contribution in [3.8, 4) is 11.5 Å². The van der Waals surface area contributed by atoms with Crippen molar-refractivity contribution in [2.75, 3.05) is 6.61 Å². The molecule has 2 N–H and O–H groups in total. The first-order valence-corrected chi connectivity index (χ1v) is 11.4. The van der Waals surface area contributed by atoms with Gasteiger partial charge in [0.1, 0.15) is 11.5 Å². The van der Waals surface area contributed by atoms with Crippen LogP contribution in [-0.4, -0.2) is 24.5 Å². The number of carbonyl (C=O) groups excluding carboxylic acids is 2. The Bertz CT molecular complexity index is 888. The molecule has 6 nitrogen and oxygen atoms in total. The third-order valence-electron chi connectivity index (χ3n) is 5.08. The third kappa shape index (κ3) is 7.28. The van der Waals surface area contributed by atoms with Crippen LogP contribution in [0.5, 0.6) is 11.5 Å². The van der Waals surface area contributed by atoms with E-state index in [0.29, 0.717) is 23.8 Å². The second kappa shape index (κ2) is 12.3. The average Bonchev–Trinajstić information content (AvgIpc) is 2.79. The van der Waals surface area contributed by atoms with Crippen LogP contribution >= 0.6 is 15.9 Å². The highest BCUT2D eigenvalue weighted by molar-refractivity contribution is 9.10. The maximum absolute atomic E-state index is 12.5. The van der Waals surface area contributed by atoms with E-state index in [4.69, 9.17) is 9.47 Å². The summed E-state index contributed by atoms with van der Waals surface area (Å²) in [6.07, 6.45) is 1.62. The van der Waals surface area contributed by atoms with E-state index in [1.807, 2.05) is 49.4 Å². The summed E-state index contributed by atoms with van der Waals surface area (Å²) in [5.74, 6) is 0.696. The zero-order chi connectivity index (χ0) is 22.8. The highest BCUT2D eigenvalue weighted by atomic mass is 79.9. The molecule has 0 heterocycles. The molecule has 0 radical (unpaired) electrons. The van der Waals surface area contributed by atoms with Gasteiger partial charge in [0.15, 0.2) is 12.7 Å². The Morgan fingerprint density at radius 1 is 1.00 bits per heavy atom. The molecule has 0 saturated heterocycles. The van der Waals surface area contributed by atoms with E-state index in [1.54, 1.807) is 0 Å². The van der Waals surface area contributed by atoms with Crippen LogP contribution in [0.4, 0.5) is 0 Å². The van der Waals surface area contributed by atoms with Gasteiger partial charge >= 0.3 is 0 Å². The molecule has 0 bridgehead atoms. The van der Waals surface area contributed by atoms with Gasteiger partial charge in [-0.15, -0.1) is 0 Å². The lowest BCUT2D eigenvalue weighted by Gasteiger charge is -2.21. The molecule has 0 saturated carbocycles. The molecule has 0 aromatic heterocycles. The van der Waals surface area contributed by atoms with E-state index < -0.39 is 17.9 Å². The summed E-state index contributed by atoms with van der Waals surface area (Å²) in [5.41, 5.74) is 7.04. The average molecular weight is 491 g/mol. The second-order valence-electron chi connectivity index (χ2n) is 7.31. The largest absolute Gasteiger partial charge is 0.483 e. The molecule has 0 aliphatic rings. The Hall–Kier alpha value is -2.54. The lowest BCUT2D eigenvalue weighted by Crippen LogP contribution is -2.49. The Labute approximate surface area is 192 Å². The van der Waals surface area contributed by atoms with Gasteiger partial charge in [-0.3, -0.25) is 20.4 Å². The minimum Gasteiger partial charge on any atom is -0.483 e. The minimum atomic E-state index is -0.720. The van der Waals surface area contributed by atoms with Gasteiger partial charge in [0, 0.05) is 0 Å². The Morgan fingerprint density at radius 2 is 1.74 bits per heavy atom. The molecule has 0 aliphatic heterocycles. The van der Waals surface area contributed by atoms with Gasteiger partial charge in [0.25, 0.3) is 11.8 Å². The number of para-hydroxylation sites is 1. The maximum atomic E-state index is 12.5. The van der Waals surface area contributed by atoms with Crippen LogP contribution in [0.1, 0.15) is 57.6 Å². The Morgan fingerprint density at radius 3 is 2.39 bits per heavy atom. The van der Waals surface area contributed by atoms with Crippen molar-refractivity contribution in [3.63, 3.8) is 0 Å². The van der Waals surface area contributed by atoms with Crippen molar-refractivity contribution in [2.24, 2.45) is 0 Å². The van der Waals surface area contributed by atoms with Crippen LogP contribution in [0.3, 0.4) is 0 Å². The molecule has 0 fully saturated rings. The molecule has 2 amide bonds. The van der Waals surface area contributed by atoms with Crippen LogP contribution in [0.15, 0.2) is 46.9 Å².